The lowest BCUT2D eigenvalue weighted by Gasteiger charge is -2.42. The van der Waals surface area contributed by atoms with Crippen molar-refractivity contribution in [2.24, 2.45) is 0 Å². The van der Waals surface area contributed by atoms with Crippen LogP contribution in [0.1, 0.15) is 49.4 Å². The second kappa shape index (κ2) is 16.6. The van der Waals surface area contributed by atoms with Crippen LogP contribution in [-0.2, 0) is 28.6 Å². The molecule has 3 aromatic carbocycles. The van der Waals surface area contributed by atoms with E-state index >= 15 is 0 Å². The van der Waals surface area contributed by atoms with Crippen molar-refractivity contribution in [2.75, 3.05) is 0 Å². The Morgan fingerprint density at radius 3 is 1.98 bits per heavy atom. The lowest BCUT2D eigenvalue weighted by molar-refractivity contribution is 0.102. The predicted octanol–water partition coefficient (Wildman–Crippen LogP) is 8.55. The van der Waals surface area contributed by atoms with Crippen LogP contribution < -0.4 is 10.6 Å². The molecule has 0 unspecified atom stereocenters. The van der Waals surface area contributed by atoms with Crippen LogP contribution in [0.5, 0.6) is 0 Å². The first-order chi connectivity index (χ1) is 22.8. The van der Waals surface area contributed by atoms with E-state index in [4.69, 9.17) is 9.16 Å². The molecule has 0 aliphatic rings. The summed E-state index contributed by atoms with van der Waals surface area (Å²) in [6.07, 6.45) is 0.960. The van der Waals surface area contributed by atoms with E-state index in [2.05, 4.69) is 49.5 Å². The fourth-order valence-corrected chi connectivity index (χ4v) is 6.66. The van der Waals surface area contributed by atoms with Crippen LogP contribution in [0.3, 0.4) is 0 Å². The average Bonchev–Trinajstić information content (AvgIpc) is 3.04. The lowest BCUT2D eigenvalue weighted by Crippen LogP contribution is -2.54. The summed E-state index contributed by atoms with van der Waals surface area (Å²) < 4.78 is 12.7. The summed E-state index contributed by atoms with van der Waals surface area (Å²) in [5.74, 6) is 0. The van der Waals surface area contributed by atoms with Gasteiger partial charge in [0, 0.05) is 17.8 Å². The number of benzene rings is 3. The van der Waals surface area contributed by atoms with Crippen molar-refractivity contribution in [1.82, 2.24) is 15.6 Å². The second-order valence-corrected chi connectivity index (χ2v) is 18.7. The molecule has 2 amide bonds. The van der Waals surface area contributed by atoms with Crippen molar-refractivity contribution in [3.63, 3.8) is 0 Å². The van der Waals surface area contributed by atoms with Gasteiger partial charge in [0.05, 0.1) is 17.8 Å². The molecule has 0 saturated carbocycles. The maximum absolute atomic E-state index is 13.3. The van der Waals surface area contributed by atoms with Gasteiger partial charge in [-0.2, -0.15) is 0 Å². The van der Waals surface area contributed by atoms with Crippen molar-refractivity contribution in [2.45, 2.75) is 89.9 Å². The number of hydrogen-bond donors (Lipinski definition) is 3. The third-order valence-corrected chi connectivity index (χ3v) is 13.5. The molecule has 0 fully saturated rings. The summed E-state index contributed by atoms with van der Waals surface area (Å²) in [5, 5.41) is 15.7. The fourth-order valence-electron chi connectivity index (χ4n) is 5.29. The van der Waals surface area contributed by atoms with Gasteiger partial charge in [-0.1, -0.05) is 112 Å². The first-order valence-electron chi connectivity index (χ1n) is 16.5. The standard InChI is InChI=1S/C39H49N3O5Si/c1-28-17-22-34(40-26-28)32-20-18-30(19-21-32)23-33(41-38(45)46-27-31-15-11-8-12-16-31)25-36(47-48(5,6)39(2,3)4)35(42-37(43)44)24-29-13-9-7-10-14-29/h7-22,26,33,35-36,42H,23-25,27H2,1-6H3,(H,41,45)(H,43,44)/t33-,35-,36-/m0/s1. The quantitative estimate of drug-likeness (QED) is 0.116. The number of amides is 2. The Labute approximate surface area is 286 Å². The summed E-state index contributed by atoms with van der Waals surface area (Å²) in [4.78, 5) is 30.0. The van der Waals surface area contributed by atoms with Crippen LogP contribution in [0.25, 0.3) is 11.3 Å². The molecule has 0 spiro atoms. The third kappa shape index (κ3) is 11.1. The Bertz CT molecular complexity index is 1590. The van der Waals surface area contributed by atoms with E-state index in [0.717, 1.165) is 33.5 Å². The number of rotatable bonds is 14. The topological polar surface area (TPSA) is 110 Å². The Balaban J connectivity index is 1.64. The Morgan fingerprint density at radius 1 is 0.812 bits per heavy atom. The van der Waals surface area contributed by atoms with Crippen molar-refractivity contribution in [3.05, 3.63) is 126 Å². The number of carbonyl (C=O) groups excluding carboxylic acids is 1. The smallest absolute Gasteiger partial charge is 0.407 e. The van der Waals surface area contributed by atoms with E-state index in [9.17, 15) is 14.7 Å². The highest BCUT2D eigenvalue weighted by molar-refractivity contribution is 6.74. The number of carboxylic acid groups (broad SMARTS) is 1. The van der Waals surface area contributed by atoms with E-state index in [-0.39, 0.29) is 11.6 Å². The average molecular weight is 668 g/mol. The largest absolute Gasteiger partial charge is 0.465 e. The maximum Gasteiger partial charge on any atom is 0.407 e. The number of nitrogens with zero attached hydrogens (tertiary/aromatic N) is 1. The predicted molar refractivity (Wildman–Crippen MR) is 193 cm³/mol. The minimum Gasteiger partial charge on any atom is -0.465 e. The minimum absolute atomic E-state index is 0.122. The van der Waals surface area contributed by atoms with Crippen molar-refractivity contribution < 1.29 is 23.9 Å². The number of pyridine rings is 1. The highest BCUT2D eigenvalue weighted by atomic mass is 28.4. The van der Waals surface area contributed by atoms with Crippen molar-refractivity contribution in [3.8, 4) is 11.3 Å². The lowest BCUT2D eigenvalue weighted by atomic mass is 9.93. The first kappa shape index (κ1) is 36.4. The molecule has 4 aromatic rings. The highest BCUT2D eigenvalue weighted by Crippen LogP contribution is 2.38. The van der Waals surface area contributed by atoms with E-state index in [1.54, 1.807) is 0 Å². The fraction of sp³-hybridized carbons (Fsp3) is 0.359. The first-order valence-corrected chi connectivity index (χ1v) is 19.4. The third-order valence-electron chi connectivity index (χ3n) is 9.00. The number of aryl methyl sites for hydroxylation is 1. The number of nitrogens with one attached hydrogen (secondary N) is 2. The number of carbonyl (C=O) groups is 2. The molecule has 4 rings (SSSR count). The zero-order chi connectivity index (χ0) is 34.7. The van der Waals surface area contributed by atoms with E-state index in [1.165, 1.54) is 0 Å². The van der Waals surface area contributed by atoms with Crippen LogP contribution in [-0.4, -0.2) is 48.8 Å². The van der Waals surface area contributed by atoms with Crippen LogP contribution in [0.15, 0.2) is 103 Å². The summed E-state index contributed by atoms with van der Waals surface area (Å²) in [6.45, 7) is 13.0. The summed E-state index contributed by atoms with van der Waals surface area (Å²) in [6, 6.07) is 30.6. The molecular weight excluding hydrogens is 619 g/mol. The molecule has 1 aromatic heterocycles. The van der Waals surface area contributed by atoms with Gasteiger partial charge < -0.3 is 24.9 Å². The van der Waals surface area contributed by atoms with Gasteiger partial charge in [-0.3, -0.25) is 4.98 Å². The van der Waals surface area contributed by atoms with Crippen LogP contribution in [0.4, 0.5) is 9.59 Å². The highest BCUT2D eigenvalue weighted by Gasteiger charge is 2.42. The molecule has 3 N–H and O–H groups in total. The maximum atomic E-state index is 13.3. The molecule has 9 heteroatoms. The van der Waals surface area contributed by atoms with Crippen molar-refractivity contribution >= 4 is 20.5 Å². The molecule has 1 heterocycles. The van der Waals surface area contributed by atoms with Crippen LogP contribution in [0.2, 0.25) is 18.1 Å². The van der Waals surface area contributed by atoms with Gasteiger partial charge in [-0.05, 0) is 72.6 Å². The van der Waals surface area contributed by atoms with Gasteiger partial charge in [0.1, 0.15) is 6.61 Å². The molecule has 8 nitrogen and oxygen atoms in total. The number of alkyl carbamates (subject to hydrolysis) is 1. The Morgan fingerprint density at radius 2 is 1.42 bits per heavy atom. The molecule has 0 radical (unpaired) electrons. The molecule has 3 atom stereocenters. The number of hydrogen-bond acceptors (Lipinski definition) is 5. The summed E-state index contributed by atoms with van der Waals surface area (Å²) in [7, 11) is -2.39. The van der Waals surface area contributed by atoms with Crippen LogP contribution >= 0.6 is 0 Å². The normalized spacial score (nSPS) is 13.6. The molecular formula is C39H49N3O5Si. The van der Waals surface area contributed by atoms with Gasteiger partial charge in [-0.25, -0.2) is 9.59 Å². The van der Waals surface area contributed by atoms with Crippen LogP contribution in [0, 0.1) is 6.92 Å². The minimum atomic E-state index is -2.39. The van der Waals surface area contributed by atoms with Gasteiger partial charge >= 0.3 is 12.2 Å². The molecule has 0 bridgehead atoms. The molecule has 0 saturated heterocycles. The van der Waals surface area contributed by atoms with Gasteiger partial charge in [-0.15, -0.1) is 0 Å². The molecule has 254 valence electrons. The van der Waals surface area contributed by atoms with E-state index < -0.39 is 38.7 Å². The van der Waals surface area contributed by atoms with Crippen molar-refractivity contribution in [1.29, 1.82) is 0 Å². The molecule has 48 heavy (non-hydrogen) atoms. The Hall–Kier alpha value is -4.47. The summed E-state index contributed by atoms with van der Waals surface area (Å²) >= 11 is 0. The number of aromatic nitrogens is 1. The SMILES string of the molecule is Cc1ccc(-c2ccc(C[C@@H](C[C@H](O[Si](C)(C)C(C)(C)C)[C@H](Cc3ccccc3)NC(=O)O)NC(=O)OCc3ccccc3)cc2)nc1. The second-order valence-electron chi connectivity index (χ2n) is 13.9. The number of ether oxygens (including phenoxy) is 1. The van der Waals surface area contributed by atoms with Gasteiger partial charge in [0.2, 0.25) is 0 Å². The molecule has 0 aliphatic carbocycles. The van der Waals surface area contributed by atoms with Gasteiger partial charge in [0.25, 0.3) is 0 Å². The van der Waals surface area contributed by atoms with Gasteiger partial charge in [0.15, 0.2) is 8.32 Å². The van der Waals surface area contributed by atoms with E-state index in [1.807, 2.05) is 110 Å². The summed E-state index contributed by atoms with van der Waals surface area (Å²) in [5.41, 5.74) is 5.87. The Kier molecular flexibility index (Phi) is 12.6. The zero-order valence-corrected chi connectivity index (χ0v) is 29.9. The monoisotopic (exact) mass is 667 g/mol. The molecule has 0 aliphatic heterocycles. The zero-order valence-electron chi connectivity index (χ0n) is 28.9. The van der Waals surface area contributed by atoms with E-state index in [0.29, 0.717) is 19.3 Å².